The summed E-state index contributed by atoms with van der Waals surface area (Å²) in [5, 5.41) is 0. The first kappa shape index (κ1) is 10.7. The molecule has 0 spiro atoms. The van der Waals surface area contributed by atoms with E-state index in [-0.39, 0.29) is 5.97 Å². The van der Waals surface area contributed by atoms with Crippen LogP contribution in [0.4, 0.5) is 0 Å². The van der Waals surface area contributed by atoms with Gasteiger partial charge in [-0.1, -0.05) is 37.3 Å². The van der Waals surface area contributed by atoms with Crippen LogP contribution in [-0.4, -0.2) is 12.6 Å². The average molecular weight is 193 g/mol. The highest BCUT2D eigenvalue weighted by molar-refractivity contribution is 5.77. The average Bonchev–Trinajstić information content (AvgIpc) is 2.26. The summed E-state index contributed by atoms with van der Waals surface area (Å²) in [4.78, 5) is 11.4. The lowest BCUT2D eigenvalue weighted by Gasteiger charge is -2.10. The summed E-state index contributed by atoms with van der Waals surface area (Å²) in [6.07, 6.45) is 0.813. The van der Waals surface area contributed by atoms with Crippen molar-refractivity contribution in [3.05, 3.63) is 35.9 Å². The van der Waals surface area contributed by atoms with Gasteiger partial charge in [-0.25, -0.2) is 4.79 Å². The van der Waals surface area contributed by atoms with E-state index in [9.17, 15) is 4.79 Å². The molecule has 0 bridgehead atoms. The molecule has 2 N–H and O–H groups in total. The molecule has 1 aromatic rings. The van der Waals surface area contributed by atoms with Crippen LogP contribution >= 0.6 is 0 Å². The van der Waals surface area contributed by atoms with Crippen molar-refractivity contribution in [2.24, 2.45) is 5.73 Å². The van der Waals surface area contributed by atoms with E-state index in [1.807, 2.05) is 37.3 Å². The molecule has 1 rings (SSSR count). The summed E-state index contributed by atoms with van der Waals surface area (Å²) in [7, 11) is 0. The molecule has 0 fully saturated rings. The van der Waals surface area contributed by atoms with Crippen LogP contribution in [0.15, 0.2) is 30.3 Å². The highest BCUT2D eigenvalue weighted by Crippen LogP contribution is 2.10. The molecule has 0 saturated heterocycles. The van der Waals surface area contributed by atoms with Gasteiger partial charge in [0.2, 0.25) is 0 Å². The summed E-state index contributed by atoms with van der Waals surface area (Å²) in [6, 6.07) is 8.55. The van der Waals surface area contributed by atoms with Gasteiger partial charge in [0, 0.05) is 0 Å². The van der Waals surface area contributed by atoms with E-state index in [4.69, 9.17) is 10.5 Å². The molecular weight excluding hydrogens is 178 g/mol. The maximum atomic E-state index is 11.4. The van der Waals surface area contributed by atoms with Crippen LogP contribution in [0.1, 0.15) is 24.9 Å². The van der Waals surface area contributed by atoms with Crippen LogP contribution in [-0.2, 0) is 9.53 Å². The minimum absolute atomic E-state index is 0.363. The summed E-state index contributed by atoms with van der Waals surface area (Å²) in [5.74, 6) is -0.363. The minimum Gasteiger partial charge on any atom is -0.464 e. The van der Waals surface area contributed by atoms with Gasteiger partial charge in [-0.15, -0.1) is 0 Å². The van der Waals surface area contributed by atoms with Crippen LogP contribution in [0.5, 0.6) is 0 Å². The molecule has 3 nitrogen and oxygen atoms in total. The topological polar surface area (TPSA) is 52.3 Å². The fraction of sp³-hybridized carbons (Fsp3) is 0.364. The summed E-state index contributed by atoms with van der Waals surface area (Å²) in [6.45, 7) is 2.38. The highest BCUT2D eigenvalue weighted by atomic mass is 16.5. The van der Waals surface area contributed by atoms with Gasteiger partial charge in [0.05, 0.1) is 6.61 Å². The molecule has 76 valence electrons. The van der Waals surface area contributed by atoms with E-state index in [0.29, 0.717) is 6.61 Å². The van der Waals surface area contributed by atoms with Gasteiger partial charge in [0.15, 0.2) is 0 Å². The van der Waals surface area contributed by atoms with E-state index in [1.165, 1.54) is 0 Å². The number of rotatable bonds is 4. The Kier molecular flexibility index (Phi) is 4.13. The fourth-order valence-corrected chi connectivity index (χ4v) is 1.09. The molecule has 0 amide bonds. The number of benzene rings is 1. The third-order valence-electron chi connectivity index (χ3n) is 1.86. The molecule has 1 atom stereocenters. The van der Waals surface area contributed by atoms with E-state index >= 15 is 0 Å². The summed E-state index contributed by atoms with van der Waals surface area (Å²) < 4.78 is 4.94. The molecule has 0 aliphatic heterocycles. The zero-order chi connectivity index (χ0) is 10.4. The number of carbonyl (C=O) groups excluding carboxylic acids is 1. The molecule has 0 aliphatic rings. The Morgan fingerprint density at radius 2 is 2.07 bits per heavy atom. The van der Waals surface area contributed by atoms with Gasteiger partial charge in [0.25, 0.3) is 0 Å². The van der Waals surface area contributed by atoms with E-state index < -0.39 is 6.04 Å². The third-order valence-corrected chi connectivity index (χ3v) is 1.86. The predicted molar refractivity (Wildman–Crippen MR) is 54.6 cm³/mol. The number of nitrogens with two attached hydrogens (primary N) is 1. The van der Waals surface area contributed by atoms with Gasteiger partial charge >= 0.3 is 5.97 Å². The van der Waals surface area contributed by atoms with E-state index in [0.717, 1.165) is 12.0 Å². The van der Waals surface area contributed by atoms with Crippen molar-refractivity contribution in [2.45, 2.75) is 19.4 Å². The van der Waals surface area contributed by atoms with Crippen LogP contribution < -0.4 is 5.73 Å². The molecule has 0 heterocycles. The molecule has 1 unspecified atom stereocenters. The highest BCUT2D eigenvalue weighted by Gasteiger charge is 2.15. The second kappa shape index (κ2) is 5.40. The minimum atomic E-state index is -0.664. The van der Waals surface area contributed by atoms with E-state index in [1.54, 1.807) is 0 Å². The summed E-state index contributed by atoms with van der Waals surface area (Å²) >= 11 is 0. The Morgan fingerprint density at radius 1 is 1.43 bits per heavy atom. The molecule has 1 aromatic carbocycles. The first-order chi connectivity index (χ1) is 6.75. The monoisotopic (exact) mass is 193 g/mol. The van der Waals surface area contributed by atoms with Gasteiger partial charge in [-0.3, -0.25) is 0 Å². The second-order valence-electron chi connectivity index (χ2n) is 3.06. The molecule has 0 saturated carbocycles. The predicted octanol–water partition coefficient (Wildman–Crippen LogP) is 1.64. The lowest BCUT2D eigenvalue weighted by atomic mass is 10.1. The fourth-order valence-electron chi connectivity index (χ4n) is 1.09. The van der Waals surface area contributed by atoms with Gasteiger partial charge in [-0.05, 0) is 12.0 Å². The van der Waals surface area contributed by atoms with Crippen LogP contribution in [0, 0.1) is 0 Å². The van der Waals surface area contributed by atoms with Crippen molar-refractivity contribution in [1.29, 1.82) is 0 Å². The van der Waals surface area contributed by atoms with Gasteiger partial charge in [-0.2, -0.15) is 0 Å². The van der Waals surface area contributed by atoms with Crippen LogP contribution in [0.3, 0.4) is 0 Å². The largest absolute Gasteiger partial charge is 0.464 e. The Hall–Kier alpha value is -1.35. The molecule has 0 aliphatic carbocycles. The van der Waals surface area contributed by atoms with Crippen molar-refractivity contribution in [1.82, 2.24) is 0 Å². The lowest BCUT2D eigenvalue weighted by Crippen LogP contribution is -2.23. The maximum absolute atomic E-state index is 11.4. The lowest BCUT2D eigenvalue weighted by molar-refractivity contribution is -0.145. The zero-order valence-electron chi connectivity index (χ0n) is 8.27. The third kappa shape index (κ3) is 2.85. The number of esters is 1. The zero-order valence-corrected chi connectivity index (χ0v) is 8.27. The van der Waals surface area contributed by atoms with Crippen molar-refractivity contribution >= 4 is 5.97 Å². The summed E-state index contributed by atoms with van der Waals surface area (Å²) in [5.41, 5.74) is 6.49. The Balaban J connectivity index is 2.57. The molecule has 14 heavy (non-hydrogen) atoms. The number of ether oxygens (including phenoxy) is 1. The van der Waals surface area contributed by atoms with Crippen LogP contribution in [0.25, 0.3) is 0 Å². The Bertz CT molecular complexity index is 285. The van der Waals surface area contributed by atoms with Crippen molar-refractivity contribution in [3.63, 3.8) is 0 Å². The van der Waals surface area contributed by atoms with E-state index in [2.05, 4.69) is 0 Å². The Labute approximate surface area is 83.9 Å². The smallest absolute Gasteiger partial charge is 0.327 e. The Morgan fingerprint density at radius 3 is 2.64 bits per heavy atom. The quantitative estimate of drug-likeness (QED) is 0.739. The SMILES string of the molecule is CCCOC(=O)C(N)c1ccccc1. The van der Waals surface area contributed by atoms with Gasteiger partial charge in [0.1, 0.15) is 6.04 Å². The van der Waals surface area contributed by atoms with Gasteiger partial charge < -0.3 is 10.5 Å². The first-order valence-corrected chi connectivity index (χ1v) is 4.73. The molecular formula is C11H15NO2. The molecule has 0 aromatic heterocycles. The number of carbonyl (C=O) groups is 1. The van der Waals surface area contributed by atoms with Crippen molar-refractivity contribution < 1.29 is 9.53 Å². The molecule has 3 heteroatoms. The number of hydrogen-bond acceptors (Lipinski definition) is 3. The number of hydrogen-bond donors (Lipinski definition) is 1. The second-order valence-corrected chi connectivity index (χ2v) is 3.06. The first-order valence-electron chi connectivity index (χ1n) is 4.73. The maximum Gasteiger partial charge on any atom is 0.327 e. The standard InChI is InChI=1S/C11H15NO2/c1-2-8-14-11(13)10(12)9-6-4-3-5-7-9/h3-7,10H,2,8,12H2,1H3. The van der Waals surface area contributed by atoms with Crippen molar-refractivity contribution in [2.75, 3.05) is 6.61 Å². The normalized spacial score (nSPS) is 12.1. The van der Waals surface area contributed by atoms with Crippen LogP contribution in [0.2, 0.25) is 0 Å². The van der Waals surface area contributed by atoms with Crippen molar-refractivity contribution in [3.8, 4) is 0 Å². The molecule has 0 radical (unpaired) electrons.